The number of phenolic OH excluding ortho intramolecular Hbond substituents is 1. The van der Waals surface area contributed by atoms with Crippen LogP contribution in [0.1, 0.15) is 26.3 Å². The first-order valence-electron chi connectivity index (χ1n) is 6.00. The number of benzene rings is 2. The van der Waals surface area contributed by atoms with Crippen LogP contribution in [-0.2, 0) is 0 Å². The van der Waals surface area contributed by atoms with Crippen molar-refractivity contribution in [3.63, 3.8) is 0 Å². The van der Waals surface area contributed by atoms with Gasteiger partial charge in [-0.2, -0.15) is 5.26 Å². The maximum Gasteiger partial charge on any atom is 0.273 e. The number of hydrogen-bond acceptors (Lipinski definition) is 4. The first-order valence-corrected chi connectivity index (χ1v) is 6.00. The number of para-hydroxylation sites is 1. The molecule has 0 aromatic heterocycles. The average molecular weight is 281 g/mol. The molecular weight excluding hydrogens is 270 g/mol. The molecular formula is C15H11N3O3. The summed E-state index contributed by atoms with van der Waals surface area (Å²) in [6.07, 6.45) is 0. The topological polar surface area (TPSA) is 102 Å². The fourth-order valence-electron chi connectivity index (χ4n) is 1.65. The van der Waals surface area contributed by atoms with E-state index in [2.05, 4.69) is 10.9 Å². The van der Waals surface area contributed by atoms with E-state index in [0.717, 1.165) is 0 Å². The number of carbonyl (C=O) groups is 2. The molecule has 0 radical (unpaired) electrons. The molecule has 0 fully saturated rings. The number of aromatic hydroxyl groups is 1. The largest absolute Gasteiger partial charge is 0.507 e. The smallest absolute Gasteiger partial charge is 0.273 e. The molecule has 3 N–H and O–H groups in total. The maximum absolute atomic E-state index is 11.8. The molecule has 0 bridgehead atoms. The summed E-state index contributed by atoms with van der Waals surface area (Å²) in [5, 5.41) is 18.3. The van der Waals surface area contributed by atoms with E-state index in [1.807, 2.05) is 6.07 Å². The van der Waals surface area contributed by atoms with Gasteiger partial charge < -0.3 is 5.11 Å². The SMILES string of the molecule is N#Cc1cccc(C(=O)NNC(=O)c2ccccc2O)c1. The summed E-state index contributed by atoms with van der Waals surface area (Å²) in [6.45, 7) is 0. The molecule has 2 aromatic rings. The van der Waals surface area contributed by atoms with Crippen LogP contribution >= 0.6 is 0 Å². The number of hydrogen-bond donors (Lipinski definition) is 3. The first-order chi connectivity index (χ1) is 10.1. The minimum atomic E-state index is -0.641. The Kier molecular flexibility index (Phi) is 4.17. The molecule has 0 spiro atoms. The molecule has 0 aliphatic carbocycles. The van der Waals surface area contributed by atoms with E-state index in [1.165, 1.54) is 24.3 Å². The molecule has 2 aromatic carbocycles. The summed E-state index contributed by atoms with van der Waals surface area (Å²) in [4.78, 5) is 23.6. The number of nitriles is 1. The summed E-state index contributed by atoms with van der Waals surface area (Å²) in [5.74, 6) is -1.38. The number of phenols is 1. The zero-order valence-electron chi connectivity index (χ0n) is 10.8. The molecule has 104 valence electrons. The summed E-state index contributed by atoms with van der Waals surface area (Å²) in [5.41, 5.74) is 5.04. The zero-order valence-corrected chi connectivity index (χ0v) is 10.8. The summed E-state index contributed by atoms with van der Waals surface area (Å²) < 4.78 is 0. The van der Waals surface area contributed by atoms with E-state index in [9.17, 15) is 14.7 Å². The van der Waals surface area contributed by atoms with E-state index < -0.39 is 11.8 Å². The standard InChI is InChI=1S/C15H11N3O3/c16-9-10-4-3-5-11(8-10)14(20)17-18-15(21)12-6-1-2-7-13(12)19/h1-8,19H,(H,17,20)(H,18,21). The van der Waals surface area contributed by atoms with Gasteiger partial charge in [0, 0.05) is 5.56 Å². The molecule has 0 heterocycles. The number of nitrogens with zero attached hydrogens (tertiary/aromatic N) is 1. The van der Waals surface area contributed by atoms with Crippen LogP contribution in [0.15, 0.2) is 48.5 Å². The van der Waals surface area contributed by atoms with Gasteiger partial charge in [0.15, 0.2) is 0 Å². The number of rotatable bonds is 2. The highest BCUT2D eigenvalue weighted by atomic mass is 16.3. The lowest BCUT2D eigenvalue weighted by molar-refractivity contribution is 0.0845. The Morgan fingerprint density at radius 3 is 2.43 bits per heavy atom. The number of nitrogens with one attached hydrogen (secondary N) is 2. The predicted octanol–water partition coefficient (Wildman–Crippen LogP) is 1.34. The second-order valence-corrected chi connectivity index (χ2v) is 4.12. The van der Waals surface area contributed by atoms with Gasteiger partial charge in [-0.05, 0) is 30.3 Å². The summed E-state index contributed by atoms with van der Waals surface area (Å²) in [6, 6.07) is 13.9. The van der Waals surface area contributed by atoms with Gasteiger partial charge in [0.25, 0.3) is 11.8 Å². The lowest BCUT2D eigenvalue weighted by atomic mass is 10.1. The van der Waals surface area contributed by atoms with Crippen molar-refractivity contribution in [2.75, 3.05) is 0 Å². The van der Waals surface area contributed by atoms with Crippen LogP contribution in [0.3, 0.4) is 0 Å². The van der Waals surface area contributed by atoms with Crippen LogP contribution in [0.4, 0.5) is 0 Å². The van der Waals surface area contributed by atoms with Gasteiger partial charge in [-0.3, -0.25) is 20.4 Å². The molecule has 0 saturated carbocycles. The minimum absolute atomic E-state index is 0.0450. The second kappa shape index (κ2) is 6.21. The van der Waals surface area contributed by atoms with Gasteiger partial charge in [0.05, 0.1) is 17.2 Å². The molecule has 6 heteroatoms. The highest BCUT2D eigenvalue weighted by Gasteiger charge is 2.12. The minimum Gasteiger partial charge on any atom is -0.507 e. The first kappa shape index (κ1) is 14.1. The summed E-state index contributed by atoms with van der Waals surface area (Å²) in [7, 11) is 0. The van der Waals surface area contributed by atoms with Crippen LogP contribution in [-0.4, -0.2) is 16.9 Å². The third kappa shape index (κ3) is 3.36. The van der Waals surface area contributed by atoms with E-state index >= 15 is 0 Å². The van der Waals surface area contributed by atoms with Crippen molar-refractivity contribution < 1.29 is 14.7 Å². The Balaban J connectivity index is 2.03. The Morgan fingerprint density at radius 1 is 1.00 bits per heavy atom. The van der Waals surface area contributed by atoms with E-state index in [4.69, 9.17) is 5.26 Å². The van der Waals surface area contributed by atoms with Gasteiger partial charge in [0.2, 0.25) is 0 Å². The number of carbonyl (C=O) groups excluding carboxylic acids is 2. The van der Waals surface area contributed by atoms with Crippen molar-refractivity contribution in [1.82, 2.24) is 10.9 Å². The van der Waals surface area contributed by atoms with Gasteiger partial charge >= 0.3 is 0 Å². The lowest BCUT2D eigenvalue weighted by Crippen LogP contribution is -2.41. The van der Waals surface area contributed by atoms with Gasteiger partial charge in [-0.15, -0.1) is 0 Å². The number of amides is 2. The van der Waals surface area contributed by atoms with Crippen molar-refractivity contribution in [3.8, 4) is 11.8 Å². The predicted molar refractivity (Wildman–Crippen MR) is 74.2 cm³/mol. The van der Waals surface area contributed by atoms with Crippen molar-refractivity contribution in [2.24, 2.45) is 0 Å². The fourth-order valence-corrected chi connectivity index (χ4v) is 1.65. The van der Waals surface area contributed by atoms with Crippen molar-refractivity contribution >= 4 is 11.8 Å². The summed E-state index contributed by atoms with van der Waals surface area (Å²) >= 11 is 0. The van der Waals surface area contributed by atoms with E-state index in [-0.39, 0.29) is 16.9 Å². The molecule has 0 aliphatic heterocycles. The molecule has 0 saturated heterocycles. The lowest BCUT2D eigenvalue weighted by Gasteiger charge is -2.08. The van der Waals surface area contributed by atoms with Gasteiger partial charge in [-0.25, -0.2) is 0 Å². The Labute approximate surface area is 120 Å². The fraction of sp³-hybridized carbons (Fsp3) is 0. The van der Waals surface area contributed by atoms with Crippen molar-refractivity contribution in [3.05, 3.63) is 65.2 Å². The highest BCUT2D eigenvalue weighted by Crippen LogP contribution is 2.14. The average Bonchev–Trinajstić information content (AvgIpc) is 2.52. The van der Waals surface area contributed by atoms with E-state index in [0.29, 0.717) is 5.56 Å². The third-order valence-electron chi connectivity index (χ3n) is 2.69. The van der Waals surface area contributed by atoms with Crippen molar-refractivity contribution in [2.45, 2.75) is 0 Å². The zero-order chi connectivity index (χ0) is 15.2. The molecule has 2 rings (SSSR count). The second-order valence-electron chi connectivity index (χ2n) is 4.12. The van der Waals surface area contributed by atoms with Crippen LogP contribution in [0.2, 0.25) is 0 Å². The van der Waals surface area contributed by atoms with Gasteiger partial charge in [0.1, 0.15) is 5.75 Å². The van der Waals surface area contributed by atoms with Gasteiger partial charge in [-0.1, -0.05) is 18.2 Å². The molecule has 21 heavy (non-hydrogen) atoms. The maximum atomic E-state index is 11.8. The highest BCUT2D eigenvalue weighted by molar-refractivity contribution is 6.00. The molecule has 0 atom stereocenters. The van der Waals surface area contributed by atoms with Crippen molar-refractivity contribution in [1.29, 1.82) is 5.26 Å². The van der Waals surface area contributed by atoms with Crippen LogP contribution in [0, 0.1) is 11.3 Å². The Morgan fingerprint density at radius 2 is 1.71 bits per heavy atom. The Hall–Kier alpha value is -3.33. The third-order valence-corrected chi connectivity index (χ3v) is 2.69. The van der Waals surface area contributed by atoms with E-state index in [1.54, 1.807) is 24.3 Å². The molecule has 0 unspecified atom stereocenters. The van der Waals surface area contributed by atoms with Crippen LogP contribution in [0.5, 0.6) is 5.75 Å². The van der Waals surface area contributed by atoms with Crippen LogP contribution in [0.25, 0.3) is 0 Å². The quantitative estimate of drug-likeness (QED) is 0.723. The number of hydrazine groups is 1. The molecule has 2 amide bonds. The molecule has 6 nitrogen and oxygen atoms in total. The monoisotopic (exact) mass is 281 g/mol. The molecule has 0 aliphatic rings. The normalized spacial score (nSPS) is 9.48. The van der Waals surface area contributed by atoms with Crippen LogP contribution < -0.4 is 10.9 Å². The Bertz CT molecular complexity index is 735.